The monoisotopic (exact) mass is 296 g/mol. The molecule has 1 N–H and O–H groups in total. The molecular weight excluding hydrogens is 272 g/mol. The fraction of sp³-hybridized carbons (Fsp3) is 0.421. The van der Waals surface area contributed by atoms with E-state index in [4.69, 9.17) is 5.11 Å². The summed E-state index contributed by atoms with van der Waals surface area (Å²) in [6.07, 6.45) is 8.29. The van der Waals surface area contributed by atoms with E-state index in [9.17, 15) is 0 Å². The summed E-state index contributed by atoms with van der Waals surface area (Å²) in [5.41, 5.74) is 3.76. The van der Waals surface area contributed by atoms with Crippen LogP contribution in [-0.4, -0.2) is 34.2 Å². The number of hydrogen-bond donors (Lipinski definition) is 1. The van der Waals surface area contributed by atoms with Crippen LogP contribution in [0.3, 0.4) is 0 Å². The lowest BCUT2D eigenvalue weighted by Crippen LogP contribution is -2.29. The summed E-state index contributed by atoms with van der Waals surface area (Å²) < 4.78 is 0. The second-order valence-electron chi connectivity index (χ2n) is 6.07. The van der Waals surface area contributed by atoms with Crippen LogP contribution in [0.4, 0.5) is 0 Å². The summed E-state index contributed by atoms with van der Waals surface area (Å²) in [6.45, 7) is 2.48. The minimum absolute atomic E-state index is 0.306. The van der Waals surface area contributed by atoms with Crippen molar-refractivity contribution in [2.45, 2.75) is 38.3 Å². The topological polar surface area (TPSA) is 36.4 Å². The summed E-state index contributed by atoms with van der Waals surface area (Å²) in [6, 6.07) is 13.5. The van der Waals surface area contributed by atoms with Crippen molar-refractivity contribution in [3.8, 4) is 11.1 Å². The van der Waals surface area contributed by atoms with Crippen LogP contribution >= 0.6 is 0 Å². The van der Waals surface area contributed by atoms with Crippen LogP contribution in [-0.2, 0) is 6.54 Å². The highest BCUT2D eigenvalue weighted by atomic mass is 16.2. The first-order chi connectivity index (χ1) is 10.9. The Morgan fingerprint density at radius 2 is 2.09 bits per heavy atom. The van der Waals surface area contributed by atoms with E-state index in [2.05, 4.69) is 40.2 Å². The molecule has 2 heterocycles. The lowest BCUT2D eigenvalue weighted by Gasteiger charge is -2.24. The van der Waals surface area contributed by atoms with Crippen LogP contribution in [0.1, 0.15) is 31.2 Å². The molecule has 3 rings (SSSR count). The van der Waals surface area contributed by atoms with E-state index >= 15 is 0 Å². The van der Waals surface area contributed by atoms with Crippen LogP contribution in [0.25, 0.3) is 11.1 Å². The Morgan fingerprint density at radius 3 is 2.91 bits per heavy atom. The fourth-order valence-corrected chi connectivity index (χ4v) is 3.37. The minimum atomic E-state index is 0.306. The van der Waals surface area contributed by atoms with Gasteiger partial charge in [0.25, 0.3) is 0 Å². The van der Waals surface area contributed by atoms with Crippen molar-refractivity contribution >= 4 is 0 Å². The molecule has 1 aromatic carbocycles. The second-order valence-corrected chi connectivity index (χ2v) is 6.07. The molecule has 2 aromatic rings. The Kier molecular flexibility index (Phi) is 5.20. The molecular formula is C19H24N2O. The van der Waals surface area contributed by atoms with Crippen molar-refractivity contribution in [3.05, 3.63) is 54.4 Å². The molecule has 0 aliphatic carbocycles. The number of aliphatic hydroxyl groups is 1. The van der Waals surface area contributed by atoms with E-state index in [1.165, 1.54) is 36.1 Å². The standard InChI is InChI=1S/C19H24N2O/c22-12-4-9-19-8-3-11-21(19)15-16-5-1-6-17(13-16)18-7-2-10-20-14-18/h1-2,5-7,10,13-14,19,22H,3-4,8-9,11-12,15H2. The predicted molar refractivity (Wildman–Crippen MR) is 89.4 cm³/mol. The molecule has 1 aliphatic heterocycles. The number of rotatable bonds is 6. The van der Waals surface area contributed by atoms with Crippen LogP contribution in [0.15, 0.2) is 48.8 Å². The summed E-state index contributed by atoms with van der Waals surface area (Å²) in [5.74, 6) is 0. The first-order valence-corrected chi connectivity index (χ1v) is 8.21. The Labute approximate surface area is 132 Å². The normalized spacial score (nSPS) is 18.7. The Hall–Kier alpha value is -1.71. The molecule has 1 aromatic heterocycles. The molecule has 116 valence electrons. The zero-order valence-electron chi connectivity index (χ0n) is 13.0. The maximum absolute atomic E-state index is 9.04. The van der Waals surface area contributed by atoms with Crippen LogP contribution < -0.4 is 0 Å². The summed E-state index contributed by atoms with van der Waals surface area (Å²) >= 11 is 0. The number of hydrogen-bond acceptors (Lipinski definition) is 3. The Morgan fingerprint density at radius 1 is 1.18 bits per heavy atom. The van der Waals surface area contributed by atoms with Crippen molar-refractivity contribution < 1.29 is 5.11 Å². The highest BCUT2D eigenvalue weighted by molar-refractivity contribution is 5.62. The van der Waals surface area contributed by atoms with E-state index in [0.29, 0.717) is 12.6 Å². The van der Waals surface area contributed by atoms with Gasteiger partial charge in [-0.1, -0.05) is 24.3 Å². The van der Waals surface area contributed by atoms with Gasteiger partial charge in [-0.2, -0.15) is 0 Å². The third-order valence-corrected chi connectivity index (χ3v) is 4.50. The SMILES string of the molecule is OCCCC1CCCN1Cc1cccc(-c2cccnc2)c1. The third kappa shape index (κ3) is 3.73. The molecule has 0 bridgehead atoms. The summed E-state index contributed by atoms with van der Waals surface area (Å²) in [7, 11) is 0. The molecule has 1 saturated heterocycles. The predicted octanol–water partition coefficient (Wildman–Crippen LogP) is 3.49. The maximum Gasteiger partial charge on any atom is 0.0431 e. The van der Waals surface area contributed by atoms with E-state index in [-0.39, 0.29) is 0 Å². The quantitative estimate of drug-likeness (QED) is 0.886. The third-order valence-electron chi connectivity index (χ3n) is 4.50. The number of aromatic nitrogens is 1. The van der Waals surface area contributed by atoms with Gasteiger partial charge in [-0.3, -0.25) is 9.88 Å². The number of aliphatic hydroxyl groups excluding tert-OH is 1. The molecule has 1 unspecified atom stereocenters. The number of benzene rings is 1. The first kappa shape index (κ1) is 15.2. The van der Waals surface area contributed by atoms with Crippen molar-refractivity contribution in [1.82, 2.24) is 9.88 Å². The fourth-order valence-electron chi connectivity index (χ4n) is 3.37. The van der Waals surface area contributed by atoms with Crippen molar-refractivity contribution in [1.29, 1.82) is 0 Å². The molecule has 0 spiro atoms. The molecule has 3 heteroatoms. The van der Waals surface area contributed by atoms with Gasteiger partial charge in [0, 0.05) is 31.6 Å². The highest BCUT2D eigenvalue weighted by Gasteiger charge is 2.23. The van der Waals surface area contributed by atoms with E-state index < -0.39 is 0 Å². The van der Waals surface area contributed by atoms with Gasteiger partial charge in [0.15, 0.2) is 0 Å². The molecule has 1 atom stereocenters. The average molecular weight is 296 g/mol. The van der Waals surface area contributed by atoms with Gasteiger partial charge in [0.05, 0.1) is 0 Å². The van der Waals surface area contributed by atoms with Gasteiger partial charge in [0.1, 0.15) is 0 Å². The number of nitrogens with zero attached hydrogens (tertiary/aromatic N) is 2. The van der Waals surface area contributed by atoms with Crippen LogP contribution in [0.2, 0.25) is 0 Å². The van der Waals surface area contributed by atoms with Crippen molar-refractivity contribution in [2.75, 3.05) is 13.2 Å². The smallest absolute Gasteiger partial charge is 0.0431 e. The summed E-state index contributed by atoms with van der Waals surface area (Å²) in [5, 5.41) is 9.04. The van der Waals surface area contributed by atoms with E-state index in [0.717, 1.165) is 19.4 Å². The van der Waals surface area contributed by atoms with E-state index in [1.807, 2.05) is 18.5 Å². The van der Waals surface area contributed by atoms with Gasteiger partial charge in [-0.25, -0.2) is 0 Å². The largest absolute Gasteiger partial charge is 0.396 e. The zero-order valence-corrected chi connectivity index (χ0v) is 13.0. The zero-order chi connectivity index (χ0) is 15.2. The molecule has 0 amide bonds. The van der Waals surface area contributed by atoms with Gasteiger partial charge >= 0.3 is 0 Å². The molecule has 0 radical (unpaired) electrons. The molecule has 1 fully saturated rings. The molecule has 3 nitrogen and oxygen atoms in total. The lowest BCUT2D eigenvalue weighted by atomic mass is 10.0. The van der Waals surface area contributed by atoms with Gasteiger partial charge in [-0.05, 0) is 61.1 Å². The molecule has 22 heavy (non-hydrogen) atoms. The highest BCUT2D eigenvalue weighted by Crippen LogP contribution is 2.25. The van der Waals surface area contributed by atoms with Gasteiger partial charge < -0.3 is 5.11 Å². The van der Waals surface area contributed by atoms with Crippen molar-refractivity contribution in [2.24, 2.45) is 0 Å². The number of likely N-dealkylation sites (tertiary alicyclic amines) is 1. The second kappa shape index (κ2) is 7.52. The van der Waals surface area contributed by atoms with Crippen LogP contribution in [0.5, 0.6) is 0 Å². The Bertz CT molecular complexity index is 585. The van der Waals surface area contributed by atoms with Gasteiger partial charge in [-0.15, -0.1) is 0 Å². The minimum Gasteiger partial charge on any atom is -0.396 e. The molecule has 0 saturated carbocycles. The number of pyridine rings is 1. The van der Waals surface area contributed by atoms with E-state index in [1.54, 1.807) is 0 Å². The summed E-state index contributed by atoms with van der Waals surface area (Å²) in [4.78, 5) is 6.77. The molecule has 1 aliphatic rings. The van der Waals surface area contributed by atoms with Crippen molar-refractivity contribution in [3.63, 3.8) is 0 Å². The van der Waals surface area contributed by atoms with Gasteiger partial charge in [0.2, 0.25) is 0 Å². The first-order valence-electron chi connectivity index (χ1n) is 8.21. The lowest BCUT2D eigenvalue weighted by molar-refractivity contribution is 0.210. The average Bonchev–Trinajstić information content (AvgIpc) is 3.01. The Balaban J connectivity index is 1.70. The maximum atomic E-state index is 9.04. The van der Waals surface area contributed by atoms with Crippen LogP contribution in [0, 0.1) is 0 Å².